The first-order valence-corrected chi connectivity index (χ1v) is 7.69. The first kappa shape index (κ1) is 17.0. The number of rotatable bonds is 3. The van der Waals surface area contributed by atoms with Gasteiger partial charge in [-0.2, -0.15) is 24.9 Å². The molecule has 1 aliphatic rings. The molecule has 1 atom stereocenters. The van der Waals surface area contributed by atoms with Crippen molar-refractivity contribution in [1.29, 1.82) is 0 Å². The molecule has 2 rings (SSSR count). The van der Waals surface area contributed by atoms with Gasteiger partial charge in [-0.1, -0.05) is 11.6 Å². The summed E-state index contributed by atoms with van der Waals surface area (Å²) in [5, 5.41) is 11.3. The molecular formula is C13H11ClF3NO3S. The van der Waals surface area contributed by atoms with Crippen molar-refractivity contribution in [3.8, 4) is 0 Å². The third-order valence-corrected chi connectivity index (χ3v) is 4.68. The molecule has 2 N–H and O–H groups in total. The molecule has 22 heavy (non-hydrogen) atoms. The molecule has 0 aliphatic carbocycles. The van der Waals surface area contributed by atoms with Crippen molar-refractivity contribution in [3.05, 3.63) is 34.3 Å². The maximum atomic E-state index is 12.7. The van der Waals surface area contributed by atoms with Crippen LogP contribution in [-0.4, -0.2) is 34.0 Å². The van der Waals surface area contributed by atoms with Gasteiger partial charge in [0.25, 0.3) is 5.91 Å². The highest BCUT2D eigenvalue weighted by atomic mass is 35.5. The molecule has 1 fully saturated rings. The Hall–Kier alpha value is -1.41. The van der Waals surface area contributed by atoms with Crippen molar-refractivity contribution in [3.63, 3.8) is 0 Å². The summed E-state index contributed by atoms with van der Waals surface area (Å²) >= 11 is 6.97. The van der Waals surface area contributed by atoms with E-state index in [4.69, 9.17) is 11.6 Å². The van der Waals surface area contributed by atoms with E-state index in [1.807, 2.05) is 0 Å². The highest BCUT2D eigenvalue weighted by molar-refractivity contribution is 7.99. The number of carbonyl (C=O) groups excluding carboxylic acids is 1. The molecule has 1 amide bonds. The van der Waals surface area contributed by atoms with Crippen LogP contribution in [-0.2, 0) is 11.0 Å². The molecule has 9 heteroatoms. The number of halogens is 4. The summed E-state index contributed by atoms with van der Waals surface area (Å²) in [4.78, 5) is 23.5. The second-order valence-electron chi connectivity index (χ2n) is 4.87. The number of aliphatic carboxylic acids is 1. The number of carboxylic acid groups (broad SMARTS) is 1. The Labute approximate surface area is 133 Å². The second-order valence-corrected chi connectivity index (χ2v) is 6.41. The molecule has 1 unspecified atom stereocenters. The molecule has 1 heterocycles. The molecule has 0 bridgehead atoms. The Kier molecular flexibility index (Phi) is 4.62. The molecule has 0 spiro atoms. The van der Waals surface area contributed by atoms with E-state index in [-0.39, 0.29) is 22.8 Å². The zero-order valence-corrected chi connectivity index (χ0v) is 12.6. The van der Waals surface area contributed by atoms with E-state index >= 15 is 0 Å². The minimum absolute atomic E-state index is 0.167. The Balaban J connectivity index is 2.30. The maximum Gasteiger partial charge on any atom is 0.416 e. The summed E-state index contributed by atoms with van der Waals surface area (Å²) in [5.74, 6) is -1.38. The third-order valence-electron chi connectivity index (χ3n) is 3.27. The number of thioether (sulfide) groups is 1. The van der Waals surface area contributed by atoms with Crippen LogP contribution < -0.4 is 5.32 Å². The Morgan fingerprint density at radius 3 is 2.50 bits per heavy atom. The van der Waals surface area contributed by atoms with Gasteiger partial charge in [0.2, 0.25) is 0 Å². The summed E-state index contributed by atoms with van der Waals surface area (Å²) in [5.41, 5.74) is -2.84. The van der Waals surface area contributed by atoms with Crippen LogP contribution in [0.3, 0.4) is 0 Å². The Bertz CT molecular complexity index is 615. The smallest absolute Gasteiger partial charge is 0.416 e. The third kappa shape index (κ3) is 3.49. The molecule has 1 aromatic carbocycles. The lowest BCUT2D eigenvalue weighted by molar-refractivity contribution is -0.143. The van der Waals surface area contributed by atoms with E-state index in [1.54, 1.807) is 0 Å². The van der Waals surface area contributed by atoms with E-state index in [0.29, 0.717) is 17.9 Å². The molecular weight excluding hydrogens is 343 g/mol. The average molecular weight is 354 g/mol. The first-order chi connectivity index (χ1) is 10.1. The number of hydrogen-bond donors (Lipinski definition) is 2. The van der Waals surface area contributed by atoms with Crippen molar-refractivity contribution in [2.24, 2.45) is 0 Å². The van der Waals surface area contributed by atoms with E-state index < -0.39 is 29.2 Å². The molecule has 0 radical (unpaired) electrons. The topological polar surface area (TPSA) is 66.4 Å². The van der Waals surface area contributed by atoms with Crippen LogP contribution in [0.15, 0.2) is 18.2 Å². The SMILES string of the molecule is O=C(NC1(C(=O)O)CCSC1)c1cc(Cl)cc(C(F)(F)F)c1. The van der Waals surface area contributed by atoms with Gasteiger partial charge in [-0.3, -0.25) is 4.79 Å². The van der Waals surface area contributed by atoms with Crippen molar-refractivity contribution in [2.45, 2.75) is 18.1 Å². The lowest BCUT2D eigenvalue weighted by atomic mass is 9.98. The fourth-order valence-corrected chi connectivity index (χ4v) is 3.62. The van der Waals surface area contributed by atoms with Gasteiger partial charge in [-0.05, 0) is 30.4 Å². The number of carboxylic acids is 1. The largest absolute Gasteiger partial charge is 0.479 e. The molecule has 0 aromatic heterocycles. The number of benzene rings is 1. The van der Waals surface area contributed by atoms with E-state index in [1.165, 1.54) is 11.8 Å². The normalized spacial score (nSPS) is 21.6. The molecule has 4 nitrogen and oxygen atoms in total. The summed E-state index contributed by atoms with van der Waals surface area (Å²) in [6.45, 7) is 0. The van der Waals surface area contributed by atoms with Crippen molar-refractivity contribution >= 4 is 35.2 Å². The van der Waals surface area contributed by atoms with Crippen LogP contribution in [0.4, 0.5) is 13.2 Å². The fourth-order valence-electron chi connectivity index (χ4n) is 2.06. The molecule has 1 aromatic rings. The molecule has 120 valence electrons. The van der Waals surface area contributed by atoms with Crippen molar-refractivity contribution in [2.75, 3.05) is 11.5 Å². The van der Waals surface area contributed by atoms with Crippen molar-refractivity contribution in [1.82, 2.24) is 5.32 Å². The number of amides is 1. The first-order valence-electron chi connectivity index (χ1n) is 6.15. The molecule has 0 saturated carbocycles. The summed E-state index contributed by atoms with van der Waals surface area (Å²) in [6.07, 6.45) is -4.43. The van der Waals surface area contributed by atoms with Gasteiger partial charge >= 0.3 is 12.1 Å². The van der Waals surface area contributed by atoms with Crippen LogP contribution in [0.2, 0.25) is 5.02 Å². The quantitative estimate of drug-likeness (QED) is 0.876. The van der Waals surface area contributed by atoms with Gasteiger partial charge < -0.3 is 10.4 Å². The predicted molar refractivity (Wildman–Crippen MR) is 76.2 cm³/mol. The van der Waals surface area contributed by atoms with E-state index in [2.05, 4.69) is 5.32 Å². The summed E-state index contributed by atoms with van der Waals surface area (Å²) in [6, 6.07) is 2.43. The monoisotopic (exact) mass is 353 g/mol. The lowest BCUT2D eigenvalue weighted by Gasteiger charge is -2.24. The zero-order chi connectivity index (χ0) is 16.5. The molecule has 1 aliphatic heterocycles. The number of carbonyl (C=O) groups is 2. The highest BCUT2D eigenvalue weighted by Crippen LogP contribution is 2.33. The minimum atomic E-state index is -4.65. The second kappa shape index (κ2) is 6.00. The van der Waals surface area contributed by atoms with Crippen LogP contribution in [0.1, 0.15) is 22.3 Å². The van der Waals surface area contributed by atoms with Crippen molar-refractivity contribution < 1.29 is 27.9 Å². The minimum Gasteiger partial charge on any atom is -0.479 e. The van der Waals surface area contributed by atoms with Crippen LogP contribution in [0.5, 0.6) is 0 Å². The van der Waals surface area contributed by atoms with Crippen LogP contribution in [0.25, 0.3) is 0 Å². The maximum absolute atomic E-state index is 12.7. The average Bonchev–Trinajstić information content (AvgIpc) is 2.86. The Morgan fingerprint density at radius 1 is 1.32 bits per heavy atom. The van der Waals surface area contributed by atoms with Gasteiger partial charge in [0.1, 0.15) is 5.54 Å². The van der Waals surface area contributed by atoms with E-state index in [9.17, 15) is 27.9 Å². The van der Waals surface area contributed by atoms with E-state index in [0.717, 1.165) is 6.07 Å². The van der Waals surface area contributed by atoms with Crippen LogP contribution in [0, 0.1) is 0 Å². The number of hydrogen-bond acceptors (Lipinski definition) is 3. The van der Waals surface area contributed by atoms with Gasteiger partial charge in [-0.15, -0.1) is 0 Å². The fraction of sp³-hybridized carbons (Fsp3) is 0.385. The van der Waals surface area contributed by atoms with Gasteiger partial charge in [0.05, 0.1) is 5.56 Å². The van der Waals surface area contributed by atoms with Gasteiger partial charge in [0, 0.05) is 16.3 Å². The predicted octanol–water partition coefficient (Wildman–Crippen LogP) is 3.05. The summed E-state index contributed by atoms with van der Waals surface area (Å²) < 4.78 is 38.2. The number of alkyl halides is 3. The van der Waals surface area contributed by atoms with Gasteiger partial charge in [0.15, 0.2) is 0 Å². The highest BCUT2D eigenvalue weighted by Gasteiger charge is 2.43. The standard InChI is InChI=1S/C13H11ClF3NO3S/c14-9-4-7(3-8(5-9)13(15,16)17)10(19)18-12(11(20)21)1-2-22-6-12/h3-5H,1-2,6H2,(H,18,19)(H,20,21). The van der Waals surface area contributed by atoms with Crippen LogP contribution >= 0.6 is 23.4 Å². The van der Waals surface area contributed by atoms with Gasteiger partial charge in [-0.25, -0.2) is 4.79 Å². The Morgan fingerprint density at radius 2 is 2.00 bits per heavy atom. The molecule has 1 saturated heterocycles. The lowest BCUT2D eigenvalue weighted by Crippen LogP contribution is -2.54. The summed E-state index contributed by atoms with van der Waals surface area (Å²) in [7, 11) is 0. The number of nitrogens with one attached hydrogen (secondary N) is 1. The zero-order valence-electron chi connectivity index (χ0n) is 11.0.